The van der Waals surface area contributed by atoms with Crippen LogP contribution in [0.3, 0.4) is 0 Å². The van der Waals surface area contributed by atoms with E-state index < -0.39 is 12.0 Å². The molecular formula is C27H33N3O4S. The highest BCUT2D eigenvalue weighted by molar-refractivity contribution is 7.80. The number of esters is 1. The lowest BCUT2D eigenvalue weighted by Gasteiger charge is -2.35. The summed E-state index contributed by atoms with van der Waals surface area (Å²) in [5.41, 5.74) is 4.29. The van der Waals surface area contributed by atoms with Crippen molar-refractivity contribution in [2.75, 3.05) is 32.7 Å². The zero-order valence-electron chi connectivity index (χ0n) is 21.1. The molecule has 2 N–H and O–H groups in total. The molecule has 186 valence electrons. The van der Waals surface area contributed by atoms with Gasteiger partial charge in [0.1, 0.15) is 6.61 Å². The number of allylic oxidation sites excluding steroid dienone is 1. The number of amides is 1. The molecule has 1 aliphatic rings. The number of carbonyl (C=O) groups excluding carboxylic acids is 2. The molecular weight excluding hydrogens is 462 g/mol. The number of thiocarbonyl (C=S) groups is 1. The molecule has 2 aromatic rings. The maximum absolute atomic E-state index is 12.9. The number of rotatable bonds is 7. The van der Waals surface area contributed by atoms with Crippen LogP contribution in [0.1, 0.15) is 55.2 Å². The lowest BCUT2D eigenvalue weighted by atomic mass is 9.86. The second-order valence-electron chi connectivity index (χ2n) is 9.48. The Kier molecular flexibility index (Phi) is 8.30. The van der Waals surface area contributed by atoms with Crippen LogP contribution in [0.4, 0.5) is 5.69 Å². The maximum Gasteiger partial charge on any atom is 0.338 e. The molecule has 0 bridgehead atoms. The highest BCUT2D eigenvalue weighted by atomic mass is 32.1. The van der Waals surface area contributed by atoms with E-state index in [2.05, 4.69) is 31.4 Å². The number of benzene rings is 2. The Morgan fingerprint density at radius 3 is 2.43 bits per heavy atom. The van der Waals surface area contributed by atoms with Crippen molar-refractivity contribution in [1.82, 2.24) is 10.2 Å². The molecule has 0 saturated heterocycles. The van der Waals surface area contributed by atoms with Gasteiger partial charge in [0.15, 0.2) is 5.11 Å². The molecule has 0 aliphatic carbocycles. The second-order valence-corrected chi connectivity index (χ2v) is 9.86. The van der Waals surface area contributed by atoms with Gasteiger partial charge in [0.2, 0.25) is 0 Å². The van der Waals surface area contributed by atoms with Crippen LogP contribution in [0.5, 0.6) is 0 Å². The number of nitrogens with one attached hydrogen (secondary N) is 2. The molecule has 0 aromatic heterocycles. The van der Waals surface area contributed by atoms with E-state index in [9.17, 15) is 9.59 Å². The Morgan fingerprint density at radius 1 is 1.11 bits per heavy atom. The van der Waals surface area contributed by atoms with Crippen LogP contribution in [-0.4, -0.2) is 49.3 Å². The average molecular weight is 496 g/mol. The first-order valence-corrected chi connectivity index (χ1v) is 11.9. The Hall–Kier alpha value is -3.23. The first-order chi connectivity index (χ1) is 16.5. The Balaban J connectivity index is 1.85. The predicted octanol–water partition coefficient (Wildman–Crippen LogP) is 4.56. The van der Waals surface area contributed by atoms with Gasteiger partial charge in [-0.25, -0.2) is 4.79 Å². The number of methoxy groups -OCH3 is 1. The standard InChI is InChI=1S/C27H33N3O4S/c1-17-22(25(32)34-15-14-33-6)23(29-26(35)30(17)5)19-8-7-9-21(16-19)28-24(31)18-10-12-20(13-11-18)27(2,3)4/h7-13,16,23H,14-15H2,1-6H3,(H,28,31)(H,29,35)/t23-/m0/s1. The van der Waals surface area contributed by atoms with Crippen LogP contribution in [-0.2, 0) is 19.7 Å². The third-order valence-electron chi connectivity index (χ3n) is 5.99. The summed E-state index contributed by atoms with van der Waals surface area (Å²) in [5.74, 6) is -0.653. The molecule has 1 atom stereocenters. The molecule has 0 radical (unpaired) electrons. The summed E-state index contributed by atoms with van der Waals surface area (Å²) in [4.78, 5) is 27.6. The van der Waals surface area contributed by atoms with Gasteiger partial charge in [0.25, 0.3) is 5.91 Å². The Bertz CT molecular complexity index is 1140. The number of hydrogen-bond acceptors (Lipinski definition) is 5. The van der Waals surface area contributed by atoms with E-state index in [1.807, 2.05) is 55.5 Å². The van der Waals surface area contributed by atoms with Gasteiger partial charge in [-0.2, -0.15) is 0 Å². The lowest BCUT2D eigenvalue weighted by molar-refractivity contribution is -0.140. The summed E-state index contributed by atoms with van der Waals surface area (Å²) in [5, 5.41) is 6.67. The normalized spacial score (nSPS) is 16.1. The van der Waals surface area contributed by atoms with Crippen LogP contribution in [0.2, 0.25) is 0 Å². The summed E-state index contributed by atoms with van der Waals surface area (Å²) >= 11 is 5.47. The Morgan fingerprint density at radius 2 is 1.80 bits per heavy atom. The molecule has 2 aromatic carbocycles. The fourth-order valence-corrected chi connectivity index (χ4v) is 4.02. The first-order valence-electron chi connectivity index (χ1n) is 11.5. The van der Waals surface area contributed by atoms with E-state index in [1.54, 1.807) is 19.1 Å². The van der Waals surface area contributed by atoms with Gasteiger partial charge >= 0.3 is 5.97 Å². The van der Waals surface area contributed by atoms with Crippen LogP contribution in [0, 0.1) is 0 Å². The van der Waals surface area contributed by atoms with E-state index >= 15 is 0 Å². The van der Waals surface area contributed by atoms with Gasteiger partial charge in [-0.3, -0.25) is 4.79 Å². The molecule has 0 spiro atoms. The van der Waals surface area contributed by atoms with Crippen molar-refractivity contribution in [3.05, 3.63) is 76.5 Å². The minimum absolute atomic E-state index is 0.0129. The fourth-order valence-electron chi connectivity index (χ4n) is 3.77. The molecule has 1 amide bonds. The lowest BCUT2D eigenvalue weighted by Crippen LogP contribution is -2.46. The van der Waals surface area contributed by atoms with E-state index in [0.717, 1.165) is 11.1 Å². The highest BCUT2D eigenvalue weighted by Gasteiger charge is 2.33. The van der Waals surface area contributed by atoms with E-state index in [-0.39, 0.29) is 17.9 Å². The molecule has 7 nitrogen and oxygen atoms in total. The van der Waals surface area contributed by atoms with Gasteiger partial charge in [-0.1, -0.05) is 45.0 Å². The third kappa shape index (κ3) is 6.26. The van der Waals surface area contributed by atoms with Gasteiger partial charge < -0.3 is 25.0 Å². The van der Waals surface area contributed by atoms with Crippen molar-refractivity contribution in [1.29, 1.82) is 0 Å². The predicted molar refractivity (Wildman–Crippen MR) is 141 cm³/mol. The molecule has 0 saturated carbocycles. The number of hydrogen-bond donors (Lipinski definition) is 2. The molecule has 8 heteroatoms. The fraction of sp³-hybridized carbons (Fsp3) is 0.370. The smallest absolute Gasteiger partial charge is 0.338 e. The highest BCUT2D eigenvalue weighted by Crippen LogP contribution is 2.32. The summed E-state index contributed by atoms with van der Waals surface area (Å²) < 4.78 is 10.4. The topological polar surface area (TPSA) is 79.9 Å². The van der Waals surface area contributed by atoms with Crippen LogP contribution in [0.25, 0.3) is 0 Å². The van der Waals surface area contributed by atoms with Crippen LogP contribution >= 0.6 is 12.2 Å². The van der Waals surface area contributed by atoms with E-state index in [0.29, 0.717) is 34.2 Å². The number of anilines is 1. The minimum atomic E-state index is -0.517. The van der Waals surface area contributed by atoms with Crippen molar-refractivity contribution >= 4 is 34.9 Å². The van der Waals surface area contributed by atoms with Gasteiger partial charge in [0, 0.05) is 31.1 Å². The minimum Gasteiger partial charge on any atom is -0.460 e. The zero-order chi connectivity index (χ0) is 25.8. The summed E-state index contributed by atoms with van der Waals surface area (Å²) in [6, 6.07) is 14.5. The third-order valence-corrected chi connectivity index (χ3v) is 6.38. The largest absolute Gasteiger partial charge is 0.460 e. The average Bonchev–Trinajstić information content (AvgIpc) is 2.82. The van der Waals surface area contributed by atoms with Crippen molar-refractivity contribution in [2.24, 2.45) is 0 Å². The van der Waals surface area contributed by atoms with Crippen LogP contribution < -0.4 is 10.6 Å². The monoisotopic (exact) mass is 495 g/mol. The quantitative estimate of drug-likeness (QED) is 0.331. The SMILES string of the molecule is COCCOC(=O)C1=C(C)N(C)C(=S)N[C@H]1c1cccc(NC(=O)c2ccc(C(C)(C)C)cc2)c1. The second kappa shape index (κ2) is 11.0. The van der Waals surface area contributed by atoms with E-state index in [4.69, 9.17) is 21.7 Å². The van der Waals surface area contributed by atoms with Crippen molar-refractivity contribution in [2.45, 2.75) is 39.2 Å². The van der Waals surface area contributed by atoms with Gasteiger partial charge in [0.05, 0.1) is 18.2 Å². The van der Waals surface area contributed by atoms with Crippen LogP contribution in [0.15, 0.2) is 59.8 Å². The molecule has 3 rings (SSSR count). The van der Waals surface area contributed by atoms with Crippen molar-refractivity contribution < 1.29 is 19.1 Å². The number of carbonyl (C=O) groups is 2. The molecule has 1 aliphatic heterocycles. The Labute approximate surface area is 212 Å². The summed E-state index contributed by atoms with van der Waals surface area (Å²) in [6.45, 7) is 8.69. The molecule has 0 unspecified atom stereocenters. The van der Waals surface area contributed by atoms with Crippen molar-refractivity contribution in [3.63, 3.8) is 0 Å². The maximum atomic E-state index is 12.9. The molecule has 35 heavy (non-hydrogen) atoms. The molecule has 0 fully saturated rings. The summed E-state index contributed by atoms with van der Waals surface area (Å²) in [7, 11) is 3.35. The van der Waals surface area contributed by atoms with Crippen molar-refractivity contribution in [3.8, 4) is 0 Å². The van der Waals surface area contributed by atoms with Gasteiger partial charge in [-0.15, -0.1) is 0 Å². The summed E-state index contributed by atoms with van der Waals surface area (Å²) in [6.07, 6.45) is 0. The van der Waals surface area contributed by atoms with E-state index in [1.165, 1.54) is 0 Å². The zero-order valence-corrected chi connectivity index (χ0v) is 21.9. The van der Waals surface area contributed by atoms with Gasteiger partial charge in [-0.05, 0) is 59.9 Å². The molecule has 1 heterocycles. The first kappa shape index (κ1) is 26.4. The number of ether oxygens (including phenoxy) is 2. The number of nitrogens with zero attached hydrogens (tertiary/aromatic N) is 1.